The number of fused-ring (bicyclic) bond motifs is 1. The standard InChI is InChI=1S/C19H18ClN5OS/c1-13-6-5-9-25-10-14(21-18(13)25)12-27-19-23-22-17(24(19)2)11-26-16-8-4-3-7-15(16)20/h3-10H,11-12H2,1-2H3. The maximum atomic E-state index is 6.12. The number of aromatic nitrogens is 5. The van der Waals surface area contributed by atoms with Crippen molar-refractivity contribution in [2.45, 2.75) is 24.4 Å². The van der Waals surface area contributed by atoms with Gasteiger partial charge in [-0.2, -0.15) is 0 Å². The van der Waals surface area contributed by atoms with Crippen LogP contribution in [-0.4, -0.2) is 24.1 Å². The van der Waals surface area contributed by atoms with Crippen molar-refractivity contribution in [1.82, 2.24) is 24.1 Å². The maximum Gasteiger partial charge on any atom is 0.191 e. The van der Waals surface area contributed by atoms with E-state index in [1.54, 1.807) is 17.8 Å². The highest BCUT2D eigenvalue weighted by Crippen LogP contribution is 2.25. The summed E-state index contributed by atoms with van der Waals surface area (Å²) in [6.45, 7) is 2.37. The summed E-state index contributed by atoms with van der Waals surface area (Å²) in [6.07, 6.45) is 4.06. The topological polar surface area (TPSA) is 57.2 Å². The quantitative estimate of drug-likeness (QED) is 0.452. The Morgan fingerprint density at radius 1 is 1.15 bits per heavy atom. The molecule has 0 radical (unpaired) electrons. The molecular formula is C19H18ClN5OS. The molecule has 0 aliphatic heterocycles. The van der Waals surface area contributed by atoms with Crippen LogP contribution in [0, 0.1) is 6.92 Å². The third-order valence-corrected chi connectivity index (χ3v) is 5.56. The number of thioether (sulfide) groups is 1. The van der Waals surface area contributed by atoms with E-state index >= 15 is 0 Å². The van der Waals surface area contributed by atoms with Crippen LogP contribution in [0.25, 0.3) is 5.65 Å². The molecule has 0 spiro atoms. The van der Waals surface area contributed by atoms with Gasteiger partial charge < -0.3 is 13.7 Å². The first-order valence-corrected chi connectivity index (χ1v) is 9.80. The lowest BCUT2D eigenvalue weighted by molar-refractivity contribution is 0.290. The fourth-order valence-corrected chi connectivity index (χ4v) is 3.72. The maximum absolute atomic E-state index is 6.12. The molecule has 27 heavy (non-hydrogen) atoms. The normalized spacial score (nSPS) is 11.2. The molecule has 3 heterocycles. The summed E-state index contributed by atoms with van der Waals surface area (Å²) in [5.74, 6) is 2.10. The number of hydrogen-bond acceptors (Lipinski definition) is 5. The van der Waals surface area contributed by atoms with E-state index in [4.69, 9.17) is 21.3 Å². The lowest BCUT2D eigenvalue weighted by atomic mass is 10.3. The van der Waals surface area contributed by atoms with Crippen LogP contribution in [0.4, 0.5) is 0 Å². The fourth-order valence-electron chi connectivity index (χ4n) is 2.71. The Morgan fingerprint density at radius 2 is 2.00 bits per heavy atom. The Balaban J connectivity index is 1.42. The average Bonchev–Trinajstić information content (AvgIpc) is 3.24. The summed E-state index contributed by atoms with van der Waals surface area (Å²) < 4.78 is 9.73. The number of ether oxygens (including phenoxy) is 1. The molecular weight excluding hydrogens is 382 g/mol. The molecule has 6 nitrogen and oxygen atoms in total. The molecule has 3 aromatic heterocycles. The van der Waals surface area contributed by atoms with Gasteiger partial charge in [-0.25, -0.2) is 4.98 Å². The van der Waals surface area contributed by atoms with Crippen LogP contribution in [0.2, 0.25) is 5.02 Å². The van der Waals surface area contributed by atoms with Crippen LogP contribution in [-0.2, 0) is 19.4 Å². The summed E-state index contributed by atoms with van der Waals surface area (Å²) in [4.78, 5) is 4.69. The van der Waals surface area contributed by atoms with Crippen LogP contribution >= 0.6 is 23.4 Å². The average molecular weight is 400 g/mol. The number of imidazole rings is 1. The summed E-state index contributed by atoms with van der Waals surface area (Å²) in [6, 6.07) is 11.5. The van der Waals surface area contributed by atoms with Gasteiger partial charge in [0, 0.05) is 25.2 Å². The van der Waals surface area contributed by atoms with Gasteiger partial charge in [0.25, 0.3) is 0 Å². The molecule has 0 saturated heterocycles. The zero-order valence-corrected chi connectivity index (χ0v) is 16.5. The smallest absolute Gasteiger partial charge is 0.191 e. The van der Waals surface area contributed by atoms with Gasteiger partial charge in [0.15, 0.2) is 11.0 Å². The SMILES string of the molecule is Cc1cccn2cc(CSc3nnc(COc4ccccc4Cl)n3C)nc12. The summed E-state index contributed by atoms with van der Waals surface area (Å²) in [7, 11) is 1.93. The van der Waals surface area contributed by atoms with Crippen molar-refractivity contribution in [2.75, 3.05) is 0 Å². The van der Waals surface area contributed by atoms with Gasteiger partial charge in [0.1, 0.15) is 18.0 Å². The molecule has 138 valence electrons. The van der Waals surface area contributed by atoms with Gasteiger partial charge in [-0.15, -0.1) is 10.2 Å². The van der Waals surface area contributed by atoms with Gasteiger partial charge in [-0.3, -0.25) is 0 Å². The number of pyridine rings is 1. The second kappa shape index (κ2) is 7.62. The molecule has 4 rings (SSSR count). The summed E-state index contributed by atoms with van der Waals surface area (Å²) >= 11 is 7.72. The minimum atomic E-state index is 0.307. The lowest BCUT2D eigenvalue weighted by Gasteiger charge is -2.07. The van der Waals surface area contributed by atoms with E-state index in [9.17, 15) is 0 Å². The number of para-hydroxylation sites is 1. The van der Waals surface area contributed by atoms with E-state index in [-0.39, 0.29) is 0 Å². The molecule has 8 heteroatoms. The first-order chi connectivity index (χ1) is 13.1. The van der Waals surface area contributed by atoms with Gasteiger partial charge in [-0.1, -0.05) is 41.6 Å². The first-order valence-electron chi connectivity index (χ1n) is 8.43. The number of nitrogens with zero attached hydrogens (tertiary/aromatic N) is 5. The predicted octanol–water partition coefficient (Wildman–Crippen LogP) is 4.30. The van der Waals surface area contributed by atoms with Crippen molar-refractivity contribution in [3.05, 3.63) is 70.9 Å². The molecule has 0 unspecified atom stereocenters. The van der Waals surface area contributed by atoms with E-state index in [1.165, 1.54) is 0 Å². The minimum absolute atomic E-state index is 0.307. The number of aryl methyl sites for hydroxylation is 1. The molecule has 0 aliphatic carbocycles. The lowest BCUT2D eigenvalue weighted by Crippen LogP contribution is -2.04. The summed E-state index contributed by atoms with van der Waals surface area (Å²) in [5, 5.41) is 9.89. The second-order valence-corrected chi connectivity index (χ2v) is 7.47. The molecule has 0 bridgehead atoms. The second-order valence-electron chi connectivity index (χ2n) is 6.12. The number of benzene rings is 1. The highest BCUT2D eigenvalue weighted by atomic mass is 35.5. The number of halogens is 1. The van der Waals surface area contributed by atoms with Crippen molar-refractivity contribution in [2.24, 2.45) is 7.05 Å². The molecule has 0 atom stereocenters. The minimum Gasteiger partial charge on any atom is -0.484 e. The van der Waals surface area contributed by atoms with Gasteiger partial charge in [0.05, 0.1) is 10.7 Å². The van der Waals surface area contributed by atoms with Crippen molar-refractivity contribution in [3.8, 4) is 5.75 Å². The van der Waals surface area contributed by atoms with Crippen LogP contribution < -0.4 is 4.74 Å². The van der Waals surface area contributed by atoms with E-state index < -0.39 is 0 Å². The Morgan fingerprint density at radius 3 is 2.81 bits per heavy atom. The Kier molecular flexibility index (Phi) is 5.05. The number of rotatable bonds is 6. The Bertz CT molecular complexity index is 1090. The Labute approximate surface area is 166 Å². The van der Waals surface area contributed by atoms with Crippen LogP contribution in [0.5, 0.6) is 5.75 Å². The molecule has 0 amide bonds. The highest BCUT2D eigenvalue weighted by Gasteiger charge is 2.12. The monoisotopic (exact) mass is 399 g/mol. The van der Waals surface area contributed by atoms with Crippen molar-refractivity contribution in [1.29, 1.82) is 0 Å². The van der Waals surface area contributed by atoms with E-state index in [0.717, 1.165) is 33.6 Å². The van der Waals surface area contributed by atoms with Crippen LogP contribution in [0.3, 0.4) is 0 Å². The molecule has 1 aromatic carbocycles. The van der Waals surface area contributed by atoms with Gasteiger partial charge in [0.2, 0.25) is 0 Å². The largest absolute Gasteiger partial charge is 0.484 e. The molecule has 0 aliphatic rings. The van der Waals surface area contributed by atoms with E-state index in [2.05, 4.69) is 23.2 Å². The van der Waals surface area contributed by atoms with Gasteiger partial charge in [-0.05, 0) is 30.7 Å². The highest BCUT2D eigenvalue weighted by molar-refractivity contribution is 7.98. The fraction of sp³-hybridized carbons (Fsp3) is 0.211. The molecule has 0 N–H and O–H groups in total. The van der Waals surface area contributed by atoms with Crippen molar-refractivity contribution >= 4 is 29.0 Å². The third kappa shape index (κ3) is 3.79. The third-order valence-electron chi connectivity index (χ3n) is 4.20. The molecule has 4 aromatic rings. The number of hydrogen-bond donors (Lipinski definition) is 0. The van der Waals surface area contributed by atoms with Crippen molar-refractivity contribution in [3.63, 3.8) is 0 Å². The zero-order chi connectivity index (χ0) is 18.8. The van der Waals surface area contributed by atoms with Gasteiger partial charge >= 0.3 is 0 Å². The van der Waals surface area contributed by atoms with Crippen molar-refractivity contribution < 1.29 is 4.74 Å². The Hall–Kier alpha value is -2.51. The molecule has 0 fully saturated rings. The predicted molar refractivity (Wildman–Crippen MR) is 106 cm³/mol. The first kappa shape index (κ1) is 17.9. The van der Waals surface area contributed by atoms with E-state index in [1.807, 2.05) is 52.7 Å². The molecule has 0 saturated carbocycles. The zero-order valence-electron chi connectivity index (χ0n) is 15.0. The summed E-state index contributed by atoms with van der Waals surface area (Å²) in [5.41, 5.74) is 3.15. The van der Waals surface area contributed by atoms with E-state index in [0.29, 0.717) is 17.4 Å². The van der Waals surface area contributed by atoms with Crippen LogP contribution in [0.15, 0.2) is 53.9 Å². The van der Waals surface area contributed by atoms with Crippen LogP contribution in [0.1, 0.15) is 17.1 Å².